The van der Waals surface area contributed by atoms with Crippen LogP contribution < -0.4 is 10.2 Å². The van der Waals surface area contributed by atoms with Crippen LogP contribution in [0.1, 0.15) is 37.8 Å². The van der Waals surface area contributed by atoms with Crippen molar-refractivity contribution in [1.82, 2.24) is 15.3 Å². The number of aliphatic hydroxyl groups is 1. The van der Waals surface area contributed by atoms with Gasteiger partial charge in [-0.15, -0.1) is 0 Å². The molecule has 3 rings (SSSR count). The maximum atomic E-state index is 9.67. The number of nitrogens with one attached hydrogen (secondary N) is 1. The van der Waals surface area contributed by atoms with Crippen LogP contribution in [0.2, 0.25) is 0 Å². The Morgan fingerprint density at radius 3 is 2.65 bits per heavy atom. The van der Waals surface area contributed by atoms with Crippen LogP contribution in [0.4, 0.5) is 5.95 Å². The van der Waals surface area contributed by atoms with E-state index in [9.17, 15) is 5.11 Å². The van der Waals surface area contributed by atoms with E-state index in [4.69, 9.17) is 0 Å². The summed E-state index contributed by atoms with van der Waals surface area (Å²) in [5.41, 5.74) is 1.18. The van der Waals surface area contributed by atoms with Crippen LogP contribution in [0.5, 0.6) is 0 Å². The molecule has 1 aliphatic rings. The van der Waals surface area contributed by atoms with Crippen molar-refractivity contribution in [3.05, 3.63) is 53.9 Å². The van der Waals surface area contributed by atoms with Crippen molar-refractivity contribution >= 4 is 5.95 Å². The smallest absolute Gasteiger partial charge is 0.225 e. The van der Waals surface area contributed by atoms with Crippen LogP contribution in [-0.2, 0) is 6.54 Å². The highest BCUT2D eigenvalue weighted by Crippen LogP contribution is 2.15. The summed E-state index contributed by atoms with van der Waals surface area (Å²) in [5, 5.41) is 13.3. The molecule has 2 heterocycles. The number of benzene rings is 1. The molecule has 2 aromatic rings. The van der Waals surface area contributed by atoms with Crippen LogP contribution in [-0.4, -0.2) is 39.8 Å². The van der Waals surface area contributed by atoms with Crippen molar-refractivity contribution < 1.29 is 5.11 Å². The van der Waals surface area contributed by atoms with Crippen LogP contribution >= 0.6 is 0 Å². The molecule has 1 saturated heterocycles. The summed E-state index contributed by atoms with van der Waals surface area (Å²) < 4.78 is 0. The van der Waals surface area contributed by atoms with Crippen molar-refractivity contribution in [3.63, 3.8) is 0 Å². The summed E-state index contributed by atoms with van der Waals surface area (Å²) in [6.45, 7) is 6.14. The molecule has 0 aliphatic carbocycles. The van der Waals surface area contributed by atoms with Crippen molar-refractivity contribution in [2.45, 2.75) is 44.9 Å². The molecule has 1 atom stereocenters. The lowest BCUT2D eigenvalue weighted by molar-refractivity contribution is 0.143. The Hall–Kier alpha value is -2.42. The van der Waals surface area contributed by atoms with Gasteiger partial charge in [0.15, 0.2) is 0 Å². The first-order valence-electron chi connectivity index (χ1n) is 9.09. The Morgan fingerprint density at radius 1 is 1.23 bits per heavy atom. The minimum absolute atomic E-state index is 0.433. The molecule has 1 unspecified atom stereocenters. The third-order valence-corrected chi connectivity index (χ3v) is 4.32. The molecule has 0 bridgehead atoms. The molecule has 5 nitrogen and oxygen atoms in total. The van der Waals surface area contributed by atoms with Crippen molar-refractivity contribution in [3.8, 4) is 11.8 Å². The number of aromatic nitrogens is 2. The lowest BCUT2D eigenvalue weighted by atomic mass is 10.1. The largest absolute Gasteiger partial charge is 0.378 e. The first kappa shape index (κ1) is 18.4. The summed E-state index contributed by atoms with van der Waals surface area (Å²) in [6, 6.07) is 10.5. The van der Waals surface area contributed by atoms with Crippen molar-refractivity contribution in [2.24, 2.45) is 0 Å². The van der Waals surface area contributed by atoms with Gasteiger partial charge in [0.1, 0.15) is 5.60 Å². The fourth-order valence-corrected chi connectivity index (χ4v) is 2.97. The fourth-order valence-electron chi connectivity index (χ4n) is 2.97. The lowest BCUT2D eigenvalue weighted by Gasteiger charge is -2.33. The zero-order chi connectivity index (χ0) is 18.4. The molecule has 0 radical (unpaired) electrons. The minimum Gasteiger partial charge on any atom is -0.378 e. The molecule has 26 heavy (non-hydrogen) atoms. The minimum atomic E-state index is -0.963. The topological polar surface area (TPSA) is 61.3 Å². The average molecular weight is 350 g/mol. The zero-order valence-electron chi connectivity index (χ0n) is 15.4. The summed E-state index contributed by atoms with van der Waals surface area (Å²) in [6.07, 6.45) is 5.89. The number of nitrogens with zero attached hydrogens (tertiary/aromatic N) is 3. The quantitative estimate of drug-likeness (QED) is 0.829. The molecule has 1 aromatic heterocycles. The van der Waals surface area contributed by atoms with E-state index >= 15 is 0 Å². The molecule has 0 saturated carbocycles. The highest BCUT2D eigenvalue weighted by Gasteiger charge is 2.21. The molecule has 136 valence electrons. The zero-order valence-corrected chi connectivity index (χ0v) is 15.4. The number of piperidine rings is 1. The van der Waals surface area contributed by atoms with E-state index in [1.54, 1.807) is 26.2 Å². The Balaban J connectivity index is 1.53. The van der Waals surface area contributed by atoms with E-state index in [2.05, 4.69) is 44.2 Å². The van der Waals surface area contributed by atoms with Crippen LogP contribution in [0.15, 0.2) is 42.7 Å². The van der Waals surface area contributed by atoms with Crippen molar-refractivity contribution in [2.75, 3.05) is 18.0 Å². The van der Waals surface area contributed by atoms with E-state index in [1.807, 2.05) is 18.2 Å². The number of hydrogen-bond donors (Lipinski definition) is 2. The van der Waals surface area contributed by atoms with E-state index in [1.165, 1.54) is 12.0 Å². The second kappa shape index (κ2) is 8.31. The standard InChI is InChI=1S/C21H26N4O/c1-21(2,26)11-10-17-6-8-18(9-7-17)15-24-19-5-3-14-25(16-19)20-22-12-4-13-23-20/h4,6-9,12-13,19,24,26H,3,5,14-16H2,1-2H3. The second-order valence-electron chi connectivity index (χ2n) is 7.22. The summed E-state index contributed by atoms with van der Waals surface area (Å²) in [7, 11) is 0. The Morgan fingerprint density at radius 2 is 1.96 bits per heavy atom. The Labute approximate surface area is 155 Å². The lowest BCUT2D eigenvalue weighted by Crippen LogP contribution is -2.46. The summed E-state index contributed by atoms with van der Waals surface area (Å²) >= 11 is 0. The molecule has 2 N–H and O–H groups in total. The molecule has 5 heteroatoms. The number of anilines is 1. The maximum absolute atomic E-state index is 9.67. The second-order valence-corrected chi connectivity index (χ2v) is 7.22. The highest BCUT2D eigenvalue weighted by molar-refractivity contribution is 5.37. The molecular weight excluding hydrogens is 324 g/mol. The van der Waals surface area contributed by atoms with E-state index in [0.717, 1.165) is 37.6 Å². The van der Waals surface area contributed by atoms with Crippen molar-refractivity contribution in [1.29, 1.82) is 0 Å². The van der Waals surface area contributed by atoms with Gasteiger partial charge in [0, 0.05) is 43.6 Å². The highest BCUT2D eigenvalue weighted by atomic mass is 16.3. The first-order valence-corrected chi connectivity index (χ1v) is 9.09. The molecule has 0 spiro atoms. The van der Waals surface area contributed by atoms with Gasteiger partial charge in [0.05, 0.1) is 0 Å². The van der Waals surface area contributed by atoms with Crippen LogP contribution in [0.25, 0.3) is 0 Å². The third kappa shape index (κ3) is 5.55. The molecular formula is C21H26N4O. The fraction of sp³-hybridized carbons (Fsp3) is 0.429. The van der Waals surface area contributed by atoms with Gasteiger partial charge in [-0.3, -0.25) is 0 Å². The van der Waals surface area contributed by atoms with Crippen LogP contribution in [0.3, 0.4) is 0 Å². The van der Waals surface area contributed by atoms with Gasteiger partial charge in [-0.1, -0.05) is 24.0 Å². The first-order chi connectivity index (χ1) is 12.5. The number of rotatable bonds is 4. The molecule has 0 amide bonds. The third-order valence-electron chi connectivity index (χ3n) is 4.32. The maximum Gasteiger partial charge on any atom is 0.225 e. The van der Waals surface area contributed by atoms with Gasteiger partial charge in [-0.25, -0.2) is 9.97 Å². The van der Waals surface area contributed by atoms with E-state index in [0.29, 0.717) is 6.04 Å². The normalized spacial score (nSPS) is 17.5. The summed E-state index contributed by atoms with van der Waals surface area (Å²) in [5.74, 6) is 6.65. The summed E-state index contributed by atoms with van der Waals surface area (Å²) in [4.78, 5) is 11.0. The Bertz CT molecular complexity index is 757. The Kier molecular flexibility index (Phi) is 5.87. The van der Waals surface area contributed by atoms with Gasteiger partial charge >= 0.3 is 0 Å². The SMILES string of the molecule is CC(C)(O)C#Cc1ccc(CNC2CCCN(c3ncccn3)C2)cc1. The van der Waals surface area contributed by atoms with Crippen LogP contribution in [0, 0.1) is 11.8 Å². The van der Waals surface area contributed by atoms with Gasteiger partial charge < -0.3 is 15.3 Å². The van der Waals surface area contributed by atoms with Gasteiger partial charge in [0.2, 0.25) is 5.95 Å². The van der Waals surface area contributed by atoms with E-state index < -0.39 is 5.60 Å². The average Bonchev–Trinajstić information content (AvgIpc) is 2.66. The van der Waals surface area contributed by atoms with Gasteiger partial charge in [-0.2, -0.15) is 0 Å². The predicted octanol–water partition coefficient (Wildman–Crippen LogP) is 2.36. The van der Waals surface area contributed by atoms with Gasteiger partial charge in [-0.05, 0) is 50.5 Å². The molecule has 1 aliphatic heterocycles. The van der Waals surface area contributed by atoms with Gasteiger partial charge in [0.25, 0.3) is 0 Å². The monoisotopic (exact) mass is 350 g/mol. The predicted molar refractivity (Wildman–Crippen MR) is 104 cm³/mol. The van der Waals surface area contributed by atoms with E-state index in [-0.39, 0.29) is 0 Å². The number of hydrogen-bond acceptors (Lipinski definition) is 5. The molecule has 1 fully saturated rings. The molecule has 1 aromatic carbocycles.